The van der Waals surface area contributed by atoms with Crippen molar-refractivity contribution in [1.29, 1.82) is 0 Å². The molecule has 0 radical (unpaired) electrons. The van der Waals surface area contributed by atoms with Gasteiger partial charge in [0, 0.05) is 11.1 Å². The van der Waals surface area contributed by atoms with Crippen LogP contribution >= 0.6 is 0 Å². The first-order valence-electron chi connectivity index (χ1n) is 5.39. The first-order valence-corrected chi connectivity index (χ1v) is 5.39. The summed E-state index contributed by atoms with van der Waals surface area (Å²) in [5.41, 5.74) is 0.680. The lowest BCUT2D eigenvalue weighted by molar-refractivity contribution is -0.394. The van der Waals surface area contributed by atoms with Gasteiger partial charge in [-0.05, 0) is 25.8 Å². The molecular formula is C11H14N2O4. The molecule has 0 spiro atoms. The van der Waals surface area contributed by atoms with Gasteiger partial charge in [0.2, 0.25) is 0 Å². The van der Waals surface area contributed by atoms with E-state index in [1.165, 1.54) is 0 Å². The van der Waals surface area contributed by atoms with E-state index in [2.05, 4.69) is 0 Å². The van der Waals surface area contributed by atoms with Crippen LogP contribution in [0.2, 0.25) is 0 Å². The summed E-state index contributed by atoms with van der Waals surface area (Å²) in [6.45, 7) is 3.58. The van der Waals surface area contributed by atoms with Crippen molar-refractivity contribution < 1.29 is 9.85 Å². The summed E-state index contributed by atoms with van der Waals surface area (Å²) in [5.74, 6) is 0. The number of hydrogen-bond donors (Lipinski definition) is 0. The fourth-order valence-corrected chi connectivity index (χ4v) is 1.68. The monoisotopic (exact) mass is 238 g/mol. The highest BCUT2D eigenvalue weighted by Crippen LogP contribution is 2.29. The minimum absolute atomic E-state index is 0.157. The second-order valence-corrected chi connectivity index (χ2v) is 3.89. The molecule has 0 fully saturated rings. The minimum Gasteiger partial charge on any atom is -0.258 e. The fourth-order valence-electron chi connectivity index (χ4n) is 1.68. The van der Waals surface area contributed by atoms with E-state index in [0.717, 1.165) is 18.9 Å². The third-order valence-electron chi connectivity index (χ3n) is 2.59. The van der Waals surface area contributed by atoms with E-state index >= 15 is 0 Å². The van der Waals surface area contributed by atoms with Crippen LogP contribution in [0, 0.1) is 27.2 Å². The van der Waals surface area contributed by atoms with Gasteiger partial charge >= 0.3 is 0 Å². The minimum atomic E-state index is -0.591. The average molecular weight is 238 g/mol. The van der Waals surface area contributed by atoms with E-state index < -0.39 is 9.85 Å². The predicted molar refractivity (Wildman–Crippen MR) is 63.1 cm³/mol. The van der Waals surface area contributed by atoms with Crippen molar-refractivity contribution in [2.24, 2.45) is 0 Å². The Labute approximate surface area is 98.6 Å². The number of benzene rings is 1. The lowest BCUT2D eigenvalue weighted by atomic mass is 10.0. The molecule has 0 bridgehead atoms. The molecule has 0 saturated heterocycles. The summed E-state index contributed by atoms with van der Waals surface area (Å²) in [5, 5.41) is 21.6. The SMILES string of the molecule is CCCCc1cc(C)c([N+](=O)[O-])cc1[N+](=O)[O-]. The number of nitrogens with zero attached hydrogens (tertiary/aromatic N) is 2. The highest BCUT2D eigenvalue weighted by atomic mass is 16.6. The number of aryl methyl sites for hydroxylation is 2. The van der Waals surface area contributed by atoms with Crippen molar-refractivity contribution in [2.75, 3.05) is 0 Å². The molecule has 0 saturated carbocycles. The highest BCUT2D eigenvalue weighted by Gasteiger charge is 2.21. The number of unbranched alkanes of at least 4 members (excludes halogenated alkanes) is 1. The molecular weight excluding hydrogens is 224 g/mol. The van der Waals surface area contributed by atoms with Crippen LogP contribution in [0.1, 0.15) is 30.9 Å². The first kappa shape index (κ1) is 13.1. The van der Waals surface area contributed by atoms with Gasteiger partial charge in [-0.2, -0.15) is 0 Å². The molecule has 0 amide bonds. The number of nitro groups is 2. The zero-order chi connectivity index (χ0) is 13.0. The number of hydrogen-bond acceptors (Lipinski definition) is 4. The lowest BCUT2D eigenvalue weighted by Crippen LogP contribution is -2.00. The Morgan fingerprint density at radius 3 is 2.18 bits per heavy atom. The Morgan fingerprint density at radius 1 is 1.12 bits per heavy atom. The van der Waals surface area contributed by atoms with E-state index in [4.69, 9.17) is 0 Å². The third kappa shape index (κ3) is 2.99. The van der Waals surface area contributed by atoms with Gasteiger partial charge in [0.15, 0.2) is 0 Å². The standard InChI is InChI=1S/C11H14N2O4/c1-3-4-5-9-6-8(2)10(12(14)15)7-11(9)13(16)17/h6-7H,3-5H2,1-2H3. The zero-order valence-electron chi connectivity index (χ0n) is 9.80. The molecule has 1 aromatic carbocycles. The maximum absolute atomic E-state index is 10.9. The molecule has 1 aromatic rings. The molecule has 0 unspecified atom stereocenters. The third-order valence-corrected chi connectivity index (χ3v) is 2.59. The fraction of sp³-hybridized carbons (Fsp3) is 0.455. The van der Waals surface area contributed by atoms with E-state index in [0.29, 0.717) is 17.5 Å². The van der Waals surface area contributed by atoms with Crippen LogP contribution in [-0.2, 0) is 6.42 Å². The maximum Gasteiger partial charge on any atom is 0.279 e. The Morgan fingerprint density at radius 2 is 1.71 bits per heavy atom. The molecule has 0 atom stereocenters. The van der Waals surface area contributed by atoms with Crippen LogP contribution < -0.4 is 0 Å². The van der Waals surface area contributed by atoms with E-state index in [1.54, 1.807) is 13.0 Å². The van der Waals surface area contributed by atoms with Gasteiger partial charge in [-0.15, -0.1) is 0 Å². The summed E-state index contributed by atoms with van der Waals surface area (Å²) in [6, 6.07) is 2.60. The van der Waals surface area contributed by atoms with Gasteiger partial charge in [-0.3, -0.25) is 20.2 Å². The molecule has 0 aromatic heterocycles. The van der Waals surface area contributed by atoms with Crippen molar-refractivity contribution in [2.45, 2.75) is 33.1 Å². The molecule has 6 heteroatoms. The van der Waals surface area contributed by atoms with Crippen molar-refractivity contribution in [1.82, 2.24) is 0 Å². The van der Waals surface area contributed by atoms with E-state index in [1.807, 2.05) is 6.92 Å². The molecule has 0 heterocycles. The van der Waals surface area contributed by atoms with Crippen LogP contribution in [0.25, 0.3) is 0 Å². The molecule has 0 N–H and O–H groups in total. The van der Waals surface area contributed by atoms with Crippen molar-refractivity contribution in [3.05, 3.63) is 43.5 Å². The van der Waals surface area contributed by atoms with Gasteiger partial charge in [0.05, 0.1) is 15.9 Å². The van der Waals surface area contributed by atoms with Crippen LogP contribution in [0.3, 0.4) is 0 Å². The van der Waals surface area contributed by atoms with Gasteiger partial charge in [0.25, 0.3) is 11.4 Å². The Kier molecular flexibility index (Phi) is 4.14. The maximum atomic E-state index is 10.9. The number of nitro benzene ring substituents is 2. The largest absolute Gasteiger partial charge is 0.279 e. The van der Waals surface area contributed by atoms with Gasteiger partial charge in [-0.25, -0.2) is 0 Å². The van der Waals surface area contributed by atoms with E-state index in [-0.39, 0.29) is 11.4 Å². The molecule has 0 aliphatic rings. The summed E-state index contributed by atoms with van der Waals surface area (Å²) in [6.07, 6.45) is 2.33. The number of rotatable bonds is 5. The lowest BCUT2D eigenvalue weighted by Gasteiger charge is -2.04. The molecule has 1 rings (SSSR count). The van der Waals surface area contributed by atoms with Crippen molar-refractivity contribution >= 4 is 11.4 Å². The van der Waals surface area contributed by atoms with E-state index in [9.17, 15) is 20.2 Å². The normalized spacial score (nSPS) is 10.2. The van der Waals surface area contributed by atoms with Crippen molar-refractivity contribution in [3.63, 3.8) is 0 Å². The van der Waals surface area contributed by atoms with Crippen LogP contribution in [0.4, 0.5) is 11.4 Å². The molecule has 6 nitrogen and oxygen atoms in total. The Hall–Kier alpha value is -1.98. The molecule has 0 aliphatic carbocycles. The topological polar surface area (TPSA) is 86.3 Å². The second-order valence-electron chi connectivity index (χ2n) is 3.89. The summed E-state index contributed by atoms with van der Waals surface area (Å²) in [7, 11) is 0. The predicted octanol–water partition coefficient (Wildman–Crippen LogP) is 3.15. The quantitative estimate of drug-likeness (QED) is 0.582. The average Bonchev–Trinajstić information content (AvgIpc) is 2.25. The van der Waals surface area contributed by atoms with Crippen molar-refractivity contribution in [3.8, 4) is 0 Å². The summed E-state index contributed by atoms with van der Waals surface area (Å²) >= 11 is 0. The van der Waals surface area contributed by atoms with Crippen LogP contribution in [0.15, 0.2) is 12.1 Å². The summed E-state index contributed by atoms with van der Waals surface area (Å²) in [4.78, 5) is 20.4. The Bertz CT molecular complexity index is 457. The molecule has 0 aliphatic heterocycles. The smallest absolute Gasteiger partial charge is 0.258 e. The van der Waals surface area contributed by atoms with Gasteiger partial charge in [-0.1, -0.05) is 13.3 Å². The van der Waals surface area contributed by atoms with Gasteiger partial charge in [0.1, 0.15) is 0 Å². The first-order chi connectivity index (χ1) is 7.97. The zero-order valence-corrected chi connectivity index (χ0v) is 9.80. The second kappa shape index (κ2) is 5.38. The highest BCUT2D eigenvalue weighted by molar-refractivity contribution is 5.53. The Balaban J connectivity index is 3.25. The molecule has 92 valence electrons. The summed E-state index contributed by atoms with van der Waals surface area (Å²) < 4.78 is 0. The van der Waals surface area contributed by atoms with Gasteiger partial charge < -0.3 is 0 Å². The van der Waals surface area contributed by atoms with Crippen LogP contribution in [0.5, 0.6) is 0 Å². The molecule has 17 heavy (non-hydrogen) atoms. The van der Waals surface area contributed by atoms with Crippen LogP contribution in [-0.4, -0.2) is 9.85 Å².